The van der Waals surface area contributed by atoms with E-state index >= 15 is 0 Å². The lowest BCUT2D eigenvalue weighted by Gasteiger charge is -2.32. The van der Waals surface area contributed by atoms with Crippen LogP contribution in [0.4, 0.5) is 4.39 Å². The molecule has 0 bridgehead atoms. The zero-order valence-electron chi connectivity index (χ0n) is 20.7. The number of hydrogen-bond acceptors (Lipinski definition) is 5. The van der Waals surface area contributed by atoms with Gasteiger partial charge in [-0.05, 0) is 76.5 Å². The number of likely N-dealkylation sites (tertiary alicyclic amines) is 1. The zero-order chi connectivity index (χ0) is 24.8. The Hall–Kier alpha value is -2.71. The third kappa shape index (κ3) is 5.76. The fraction of sp³-hybridized carbons (Fsp3) is 0.444. The first-order chi connectivity index (χ1) is 17.0. The second-order valence-corrected chi connectivity index (χ2v) is 9.92. The molecule has 8 heteroatoms. The van der Waals surface area contributed by atoms with E-state index in [1.165, 1.54) is 43.2 Å². The van der Waals surface area contributed by atoms with Crippen LogP contribution in [0.2, 0.25) is 0 Å². The molecule has 1 aliphatic heterocycles. The second kappa shape index (κ2) is 11.8. The van der Waals surface area contributed by atoms with Crippen LogP contribution >= 0.6 is 11.8 Å². The molecule has 0 N–H and O–H groups in total. The minimum absolute atomic E-state index is 0.0467. The third-order valence-corrected chi connectivity index (χ3v) is 7.86. The quantitative estimate of drug-likeness (QED) is 0.359. The van der Waals surface area contributed by atoms with Crippen LogP contribution in [0.3, 0.4) is 0 Å². The molecule has 1 aromatic heterocycles. The van der Waals surface area contributed by atoms with Crippen molar-refractivity contribution in [2.45, 2.75) is 56.5 Å². The summed E-state index contributed by atoms with van der Waals surface area (Å²) in [5.41, 5.74) is 1.72. The van der Waals surface area contributed by atoms with Crippen LogP contribution < -0.4 is 0 Å². The average molecular weight is 496 g/mol. The Bertz CT molecular complexity index is 1090. The van der Waals surface area contributed by atoms with Crippen molar-refractivity contribution in [3.63, 3.8) is 0 Å². The lowest BCUT2D eigenvalue weighted by Crippen LogP contribution is -2.34. The molecule has 2 aromatic carbocycles. The molecule has 0 saturated carbocycles. The van der Waals surface area contributed by atoms with Gasteiger partial charge in [0.05, 0.1) is 6.04 Å². The maximum atomic E-state index is 13.8. The molecular formula is C27H34FN5OS. The number of aromatic nitrogens is 3. The highest BCUT2D eigenvalue weighted by Crippen LogP contribution is 2.38. The fourth-order valence-electron chi connectivity index (χ4n) is 4.63. The average Bonchev–Trinajstić information content (AvgIpc) is 3.32. The molecule has 1 saturated heterocycles. The smallest absolute Gasteiger partial charge is 0.240 e. The minimum atomic E-state index is -0.461. The van der Waals surface area contributed by atoms with E-state index < -0.39 is 5.25 Å². The van der Waals surface area contributed by atoms with E-state index in [1.54, 1.807) is 12.1 Å². The molecular weight excluding hydrogens is 461 g/mol. The van der Waals surface area contributed by atoms with Crippen molar-refractivity contribution in [1.82, 2.24) is 24.6 Å². The van der Waals surface area contributed by atoms with Crippen LogP contribution in [0, 0.1) is 5.82 Å². The Balaban J connectivity index is 1.76. The Kier molecular flexibility index (Phi) is 8.57. The van der Waals surface area contributed by atoms with Crippen LogP contribution in [0.5, 0.6) is 0 Å². The van der Waals surface area contributed by atoms with Crippen LogP contribution in [0.1, 0.15) is 62.7 Å². The molecule has 4 rings (SSSR count). The second-order valence-electron chi connectivity index (χ2n) is 8.84. The van der Waals surface area contributed by atoms with Crippen molar-refractivity contribution >= 4 is 17.7 Å². The molecule has 35 heavy (non-hydrogen) atoms. The first kappa shape index (κ1) is 25.4. The van der Waals surface area contributed by atoms with Gasteiger partial charge in [-0.1, -0.05) is 48.5 Å². The van der Waals surface area contributed by atoms with Crippen LogP contribution in [0.15, 0.2) is 59.8 Å². The maximum Gasteiger partial charge on any atom is 0.240 e. The van der Waals surface area contributed by atoms with Gasteiger partial charge in [-0.2, -0.15) is 0 Å². The number of halogens is 1. The zero-order valence-corrected chi connectivity index (χ0v) is 21.5. The van der Waals surface area contributed by atoms with Gasteiger partial charge in [0.2, 0.25) is 5.91 Å². The van der Waals surface area contributed by atoms with Crippen molar-refractivity contribution in [3.05, 3.63) is 71.8 Å². The van der Waals surface area contributed by atoms with Gasteiger partial charge < -0.3 is 4.90 Å². The number of piperidine rings is 1. The molecule has 0 unspecified atom stereocenters. The van der Waals surface area contributed by atoms with Gasteiger partial charge in [-0.15, -0.1) is 10.2 Å². The van der Waals surface area contributed by atoms with Crippen molar-refractivity contribution in [2.24, 2.45) is 0 Å². The number of thioether (sulfide) groups is 1. The topological polar surface area (TPSA) is 54.3 Å². The van der Waals surface area contributed by atoms with Gasteiger partial charge in [0.1, 0.15) is 11.1 Å². The molecule has 3 aromatic rings. The normalized spacial score (nSPS) is 16.1. The van der Waals surface area contributed by atoms with Gasteiger partial charge >= 0.3 is 0 Å². The van der Waals surface area contributed by atoms with E-state index in [2.05, 4.69) is 22.0 Å². The van der Waals surface area contributed by atoms with E-state index in [0.717, 1.165) is 30.2 Å². The van der Waals surface area contributed by atoms with E-state index in [0.29, 0.717) is 18.2 Å². The number of rotatable bonds is 9. The molecule has 2 heterocycles. The maximum absolute atomic E-state index is 13.8. The summed E-state index contributed by atoms with van der Waals surface area (Å²) in [6.07, 6.45) is 3.59. The van der Waals surface area contributed by atoms with E-state index in [4.69, 9.17) is 0 Å². The lowest BCUT2D eigenvalue weighted by molar-refractivity contribution is -0.130. The summed E-state index contributed by atoms with van der Waals surface area (Å²) in [6.45, 7) is 9.46. The molecule has 0 aliphatic carbocycles. The Labute approximate surface area is 211 Å². The van der Waals surface area contributed by atoms with E-state index in [1.807, 2.05) is 53.6 Å². The lowest BCUT2D eigenvalue weighted by atomic mass is 10.1. The van der Waals surface area contributed by atoms with E-state index in [-0.39, 0.29) is 17.8 Å². The SMILES string of the molecule is CCN(CC)C(=O)[C@@H](Sc1nnc([C@@H](C)N2CCCCC2)n1-c1ccc(F)cc1)c1ccccc1. The van der Waals surface area contributed by atoms with Crippen molar-refractivity contribution < 1.29 is 9.18 Å². The summed E-state index contributed by atoms with van der Waals surface area (Å²) in [4.78, 5) is 17.9. The predicted octanol–water partition coefficient (Wildman–Crippen LogP) is 5.66. The number of benzene rings is 2. The van der Waals surface area contributed by atoms with Gasteiger partial charge in [0.15, 0.2) is 11.0 Å². The van der Waals surface area contributed by atoms with E-state index in [9.17, 15) is 9.18 Å². The van der Waals surface area contributed by atoms with Crippen LogP contribution in [-0.2, 0) is 4.79 Å². The summed E-state index contributed by atoms with van der Waals surface area (Å²) in [6, 6.07) is 16.3. The number of hydrogen-bond donors (Lipinski definition) is 0. The summed E-state index contributed by atoms with van der Waals surface area (Å²) >= 11 is 1.41. The molecule has 0 radical (unpaired) electrons. The molecule has 1 amide bonds. The summed E-state index contributed by atoms with van der Waals surface area (Å²) < 4.78 is 15.8. The van der Waals surface area contributed by atoms with Gasteiger partial charge in [0.25, 0.3) is 0 Å². The Morgan fingerprint density at radius 3 is 2.29 bits per heavy atom. The Morgan fingerprint density at radius 2 is 1.66 bits per heavy atom. The first-order valence-electron chi connectivity index (χ1n) is 12.5. The van der Waals surface area contributed by atoms with Crippen LogP contribution in [0.25, 0.3) is 5.69 Å². The number of carbonyl (C=O) groups excluding carboxylic acids is 1. The van der Waals surface area contributed by atoms with Crippen molar-refractivity contribution in [3.8, 4) is 5.69 Å². The highest BCUT2D eigenvalue weighted by molar-refractivity contribution is 8.00. The highest BCUT2D eigenvalue weighted by atomic mass is 32.2. The first-order valence-corrected chi connectivity index (χ1v) is 13.4. The number of carbonyl (C=O) groups is 1. The molecule has 6 nitrogen and oxygen atoms in total. The standard InChI is InChI=1S/C27H34FN5OS/c1-4-31(5-2)26(34)24(21-12-8-6-9-13-21)35-27-30-29-25(20(3)32-18-10-7-11-19-32)33(27)23-16-14-22(28)15-17-23/h6,8-9,12-17,20,24H,4-5,7,10-11,18-19H2,1-3H3/t20-,24+/m1/s1. The molecule has 0 spiro atoms. The van der Waals surface area contributed by atoms with Gasteiger partial charge in [-0.25, -0.2) is 4.39 Å². The van der Waals surface area contributed by atoms with Crippen molar-refractivity contribution in [2.75, 3.05) is 26.2 Å². The largest absolute Gasteiger partial charge is 0.342 e. The molecule has 1 aliphatic rings. The van der Waals surface area contributed by atoms with Gasteiger partial charge in [-0.3, -0.25) is 14.3 Å². The minimum Gasteiger partial charge on any atom is -0.342 e. The predicted molar refractivity (Wildman–Crippen MR) is 138 cm³/mol. The van der Waals surface area contributed by atoms with Gasteiger partial charge in [0, 0.05) is 18.8 Å². The number of nitrogens with zero attached hydrogens (tertiary/aromatic N) is 5. The number of likely N-dealkylation sites (N-methyl/N-ethyl adjacent to an activating group) is 1. The van der Waals surface area contributed by atoms with Crippen molar-refractivity contribution in [1.29, 1.82) is 0 Å². The third-order valence-electron chi connectivity index (χ3n) is 6.68. The molecule has 1 fully saturated rings. The summed E-state index contributed by atoms with van der Waals surface area (Å²) in [5, 5.41) is 9.36. The molecule has 2 atom stereocenters. The summed E-state index contributed by atoms with van der Waals surface area (Å²) in [5.74, 6) is 0.564. The van der Waals surface area contributed by atoms with Crippen LogP contribution in [-0.4, -0.2) is 56.7 Å². The highest BCUT2D eigenvalue weighted by Gasteiger charge is 2.31. The summed E-state index contributed by atoms with van der Waals surface area (Å²) in [7, 11) is 0. The fourth-order valence-corrected chi connectivity index (χ4v) is 5.77. The Morgan fingerprint density at radius 1 is 1.00 bits per heavy atom. The molecule has 186 valence electrons. The monoisotopic (exact) mass is 495 g/mol. The number of amides is 1.